The Hall–Kier alpha value is -4.50. The molecule has 42 heavy (non-hydrogen) atoms. The van der Waals surface area contributed by atoms with Crippen LogP contribution in [-0.2, 0) is 32.0 Å². The second-order valence-electron chi connectivity index (χ2n) is 9.83. The zero-order valence-corrected chi connectivity index (χ0v) is 23.5. The Balaban J connectivity index is 2.21. The molecular formula is C27H42N10O5. The number of carbonyl (C=O) groups excluding carboxylic acids is 3. The molecule has 3 amide bonds. The molecule has 15 heteroatoms. The number of nitrogens with zero attached hydrogens (tertiary/aromatic N) is 2. The predicted octanol–water partition coefficient (Wildman–Crippen LogP) is -1.76. The number of unbranched alkanes of at least 4 members (excludes halogenated alkanes) is 1. The molecule has 0 aliphatic carbocycles. The molecule has 1 aromatic heterocycles. The van der Waals surface area contributed by atoms with Gasteiger partial charge in [-0.2, -0.15) is 0 Å². The number of nitrogens with one attached hydrogen (secondary N) is 4. The van der Waals surface area contributed by atoms with Crippen LogP contribution in [0.5, 0.6) is 0 Å². The molecule has 2 aromatic rings. The lowest BCUT2D eigenvalue weighted by Gasteiger charge is -2.25. The minimum atomic E-state index is -1.19. The van der Waals surface area contributed by atoms with E-state index in [4.69, 9.17) is 22.9 Å². The summed E-state index contributed by atoms with van der Waals surface area (Å²) in [6.45, 7) is 0.605. The molecule has 1 aromatic carbocycles. The zero-order chi connectivity index (χ0) is 30.9. The third kappa shape index (κ3) is 12.3. The number of aliphatic carboxylic acids is 1. The zero-order valence-electron chi connectivity index (χ0n) is 23.5. The number of carbonyl (C=O) groups is 4. The Morgan fingerprint density at radius 3 is 2.14 bits per heavy atom. The van der Waals surface area contributed by atoms with Gasteiger partial charge < -0.3 is 49.0 Å². The highest BCUT2D eigenvalue weighted by atomic mass is 16.4. The van der Waals surface area contributed by atoms with Crippen molar-refractivity contribution < 1.29 is 24.3 Å². The lowest BCUT2D eigenvalue weighted by atomic mass is 10.0. The Labute approximate surface area is 244 Å². The van der Waals surface area contributed by atoms with Crippen LogP contribution in [0.4, 0.5) is 0 Å². The first-order chi connectivity index (χ1) is 20.1. The van der Waals surface area contributed by atoms with Crippen LogP contribution in [0, 0.1) is 0 Å². The molecule has 15 nitrogen and oxygen atoms in total. The van der Waals surface area contributed by atoms with Crippen molar-refractivity contribution in [2.24, 2.45) is 27.9 Å². The quantitative estimate of drug-likeness (QED) is 0.0508. The molecule has 1 heterocycles. The van der Waals surface area contributed by atoms with Crippen LogP contribution >= 0.6 is 0 Å². The third-order valence-electron chi connectivity index (χ3n) is 6.39. The van der Waals surface area contributed by atoms with E-state index in [1.54, 1.807) is 30.5 Å². The number of nitrogens with two attached hydrogens (primary N) is 4. The summed E-state index contributed by atoms with van der Waals surface area (Å²) in [6, 6.07) is 4.60. The number of H-pyrrole nitrogens is 1. The first-order valence-electron chi connectivity index (χ1n) is 13.8. The molecule has 0 aliphatic rings. The van der Waals surface area contributed by atoms with E-state index < -0.39 is 47.9 Å². The number of carboxylic acid groups (broad SMARTS) is 1. The Bertz CT molecular complexity index is 1160. The van der Waals surface area contributed by atoms with Gasteiger partial charge in [0.1, 0.15) is 18.1 Å². The van der Waals surface area contributed by atoms with E-state index in [0.29, 0.717) is 31.5 Å². The van der Waals surface area contributed by atoms with Crippen molar-refractivity contribution in [2.45, 2.75) is 69.1 Å². The summed E-state index contributed by atoms with van der Waals surface area (Å²) >= 11 is 0. The fraction of sp³-hybridized carbons (Fsp3) is 0.481. The van der Waals surface area contributed by atoms with E-state index in [1.807, 2.05) is 6.07 Å². The van der Waals surface area contributed by atoms with Crippen molar-refractivity contribution in [3.05, 3.63) is 54.1 Å². The van der Waals surface area contributed by atoms with Crippen LogP contribution in [0.3, 0.4) is 0 Å². The number of carboxylic acids is 1. The predicted molar refractivity (Wildman–Crippen MR) is 157 cm³/mol. The summed E-state index contributed by atoms with van der Waals surface area (Å²) in [5, 5.41) is 17.5. The number of aromatic nitrogens is 2. The molecule has 0 fully saturated rings. The van der Waals surface area contributed by atoms with Gasteiger partial charge in [-0.05, 0) is 44.2 Å². The number of amides is 3. The third-order valence-corrected chi connectivity index (χ3v) is 6.39. The smallest absolute Gasteiger partial charge is 0.326 e. The Morgan fingerprint density at radius 1 is 0.881 bits per heavy atom. The van der Waals surface area contributed by atoms with E-state index >= 15 is 0 Å². The first kappa shape index (κ1) is 33.7. The maximum absolute atomic E-state index is 13.5. The van der Waals surface area contributed by atoms with Crippen LogP contribution in [0.1, 0.15) is 43.4 Å². The number of aliphatic imine (C=N–C) groups is 1. The number of rotatable bonds is 19. The number of imidazole rings is 1. The van der Waals surface area contributed by atoms with Gasteiger partial charge in [0.05, 0.1) is 12.4 Å². The number of aromatic amines is 1. The van der Waals surface area contributed by atoms with E-state index in [-0.39, 0.29) is 38.2 Å². The molecule has 4 unspecified atom stereocenters. The Kier molecular flexibility index (Phi) is 14.5. The second-order valence-corrected chi connectivity index (χ2v) is 9.83. The summed E-state index contributed by atoms with van der Waals surface area (Å²) < 4.78 is 0. The lowest BCUT2D eigenvalue weighted by Crippen LogP contribution is -2.57. The van der Waals surface area contributed by atoms with Gasteiger partial charge in [-0.15, -0.1) is 0 Å². The summed E-state index contributed by atoms with van der Waals surface area (Å²) in [5.41, 5.74) is 23.7. The van der Waals surface area contributed by atoms with Crippen LogP contribution < -0.4 is 38.9 Å². The fourth-order valence-electron chi connectivity index (χ4n) is 4.13. The van der Waals surface area contributed by atoms with E-state index in [2.05, 4.69) is 30.9 Å². The number of hydrogen-bond donors (Lipinski definition) is 9. The van der Waals surface area contributed by atoms with Crippen molar-refractivity contribution in [2.75, 3.05) is 13.1 Å². The molecule has 0 spiro atoms. The van der Waals surface area contributed by atoms with Crippen molar-refractivity contribution in [3.63, 3.8) is 0 Å². The fourth-order valence-corrected chi connectivity index (χ4v) is 4.13. The van der Waals surface area contributed by atoms with Gasteiger partial charge in [0, 0.05) is 31.3 Å². The SMILES string of the molecule is NCCCCC(NC(=O)C(Cc1ccccc1)NC(=O)C(CCCN=C(N)N)NC(=O)C(N)Cc1cnc[nH]1)C(=O)O. The number of benzene rings is 1. The average molecular weight is 587 g/mol. The van der Waals surface area contributed by atoms with Gasteiger partial charge in [-0.1, -0.05) is 30.3 Å². The van der Waals surface area contributed by atoms with Crippen LogP contribution in [0.15, 0.2) is 47.8 Å². The molecule has 0 aliphatic heterocycles. The molecule has 0 bridgehead atoms. The Morgan fingerprint density at radius 2 is 1.52 bits per heavy atom. The molecule has 0 saturated heterocycles. The average Bonchev–Trinajstić information content (AvgIpc) is 3.47. The highest BCUT2D eigenvalue weighted by molar-refractivity contribution is 5.94. The van der Waals surface area contributed by atoms with Gasteiger partial charge in [-0.25, -0.2) is 9.78 Å². The van der Waals surface area contributed by atoms with Crippen LogP contribution in [0.25, 0.3) is 0 Å². The van der Waals surface area contributed by atoms with Crippen molar-refractivity contribution >= 4 is 29.7 Å². The molecule has 4 atom stereocenters. The van der Waals surface area contributed by atoms with Crippen molar-refractivity contribution in [3.8, 4) is 0 Å². The van der Waals surface area contributed by atoms with Gasteiger partial charge in [0.25, 0.3) is 0 Å². The van der Waals surface area contributed by atoms with Crippen LogP contribution in [0.2, 0.25) is 0 Å². The van der Waals surface area contributed by atoms with Crippen molar-refractivity contribution in [1.82, 2.24) is 25.9 Å². The molecule has 0 saturated carbocycles. The van der Waals surface area contributed by atoms with Gasteiger partial charge in [0.15, 0.2) is 5.96 Å². The van der Waals surface area contributed by atoms with Crippen LogP contribution in [-0.4, -0.2) is 82.0 Å². The standard InChI is InChI=1S/C27H42N10O5/c28-11-5-4-9-21(26(41)42)36-25(40)22(13-17-7-2-1-3-8-17)37-24(39)20(10-6-12-33-27(30)31)35-23(38)19(29)14-18-15-32-16-34-18/h1-3,7-8,15-16,19-22H,4-6,9-14,28-29H2,(H,32,34)(H,35,38)(H,36,40)(H,37,39)(H,41,42)(H4,30,31,33). The first-order valence-corrected chi connectivity index (χ1v) is 13.8. The molecule has 2 rings (SSSR count). The number of hydrogen-bond acceptors (Lipinski definition) is 8. The van der Waals surface area contributed by atoms with Gasteiger partial charge in [-0.3, -0.25) is 19.4 Å². The molecular weight excluding hydrogens is 544 g/mol. The second kappa shape index (κ2) is 18.0. The maximum Gasteiger partial charge on any atom is 0.326 e. The minimum absolute atomic E-state index is 0.0849. The highest BCUT2D eigenvalue weighted by Crippen LogP contribution is 2.08. The van der Waals surface area contributed by atoms with Gasteiger partial charge >= 0.3 is 5.97 Å². The van der Waals surface area contributed by atoms with E-state index in [0.717, 1.165) is 5.56 Å². The number of guanidine groups is 1. The topological polar surface area (TPSA) is 270 Å². The summed E-state index contributed by atoms with van der Waals surface area (Å²) in [5.74, 6) is -3.20. The largest absolute Gasteiger partial charge is 0.480 e. The summed E-state index contributed by atoms with van der Waals surface area (Å²) in [7, 11) is 0. The van der Waals surface area contributed by atoms with Gasteiger partial charge in [0.2, 0.25) is 17.7 Å². The molecule has 0 radical (unpaired) electrons. The molecule has 230 valence electrons. The van der Waals surface area contributed by atoms with Crippen molar-refractivity contribution in [1.29, 1.82) is 0 Å². The summed E-state index contributed by atoms with van der Waals surface area (Å²) in [4.78, 5) is 62.2. The molecule has 13 N–H and O–H groups in total. The monoisotopic (exact) mass is 586 g/mol. The normalized spacial score (nSPS) is 13.7. The summed E-state index contributed by atoms with van der Waals surface area (Å²) in [6.07, 6.45) is 5.02. The maximum atomic E-state index is 13.5. The van der Waals surface area contributed by atoms with E-state index in [1.165, 1.54) is 6.33 Å². The highest BCUT2D eigenvalue weighted by Gasteiger charge is 2.30. The lowest BCUT2D eigenvalue weighted by molar-refractivity contribution is -0.142. The minimum Gasteiger partial charge on any atom is -0.480 e. The van der Waals surface area contributed by atoms with E-state index in [9.17, 15) is 24.3 Å².